The topological polar surface area (TPSA) is 83.7 Å². The number of ketones is 1. The third-order valence-corrected chi connectivity index (χ3v) is 7.62. The Labute approximate surface area is 222 Å². The van der Waals surface area contributed by atoms with Crippen molar-refractivity contribution in [3.63, 3.8) is 0 Å². The van der Waals surface area contributed by atoms with Gasteiger partial charge in [-0.3, -0.25) is 4.79 Å². The van der Waals surface area contributed by atoms with Gasteiger partial charge in [0.1, 0.15) is 17.5 Å². The van der Waals surface area contributed by atoms with Crippen LogP contribution in [0.4, 0.5) is 10.5 Å². The van der Waals surface area contributed by atoms with Gasteiger partial charge < -0.3 is 24.1 Å². The summed E-state index contributed by atoms with van der Waals surface area (Å²) in [7, 11) is 0. The Hall–Kier alpha value is -3.13. The fourth-order valence-corrected chi connectivity index (χ4v) is 5.70. The predicted molar refractivity (Wildman–Crippen MR) is 149 cm³/mol. The number of aromatic nitrogens is 1. The van der Waals surface area contributed by atoms with E-state index in [4.69, 9.17) is 9.47 Å². The lowest BCUT2D eigenvalue weighted by Gasteiger charge is -2.34. The number of nitrogens with one attached hydrogen (secondary N) is 2. The minimum atomic E-state index is -0.504. The van der Waals surface area contributed by atoms with E-state index >= 15 is 0 Å². The molecule has 1 saturated heterocycles. The number of likely N-dealkylation sites (tertiary alicyclic amines) is 1. The molecule has 196 valence electrons. The number of H-pyrrole nitrogens is 1. The Morgan fingerprint density at radius 2 is 1.86 bits per heavy atom. The van der Waals surface area contributed by atoms with Crippen molar-refractivity contribution >= 4 is 40.4 Å². The van der Waals surface area contributed by atoms with Crippen LogP contribution < -0.4 is 9.46 Å². The van der Waals surface area contributed by atoms with E-state index in [0.717, 1.165) is 52.0 Å². The average molecular weight is 522 g/mol. The molecule has 1 amide bonds. The van der Waals surface area contributed by atoms with Crippen molar-refractivity contribution in [3.05, 3.63) is 58.8 Å². The first-order valence-electron chi connectivity index (χ1n) is 12.8. The lowest BCUT2D eigenvalue weighted by atomic mass is 9.71. The molecule has 2 aromatic carbocycles. The predicted octanol–water partition coefficient (Wildman–Crippen LogP) is 6.51. The molecule has 5 rings (SSSR count). The zero-order chi connectivity index (χ0) is 26.5. The van der Waals surface area contributed by atoms with Gasteiger partial charge in [-0.25, -0.2) is 4.79 Å². The number of carbonyl (C=O) groups is 2. The quantitative estimate of drug-likeness (QED) is 0.381. The number of fused-ring (bicyclic) bond motifs is 4. The Bertz CT molecular complexity index is 1360. The third-order valence-electron chi connectivity index (χ3n) is 7.18. The molecule has 0 radical (unpaired) electrons. The second-order valence-corrected chi connectivity index (χ2v) is 12.0. The van der Waals surface area contributed by atoms with Crippen LogP contribution in [0.15, 0.2) is 36.4 Å². The molecule has 0 saturated carbocycles. The van der Waals surface area contributed by atoms with Gasteiger partial charge in [-0.15, -0.1) is 0 Å². The summed E-state index contributed by atoms with van der Waals surface area (Å²) in [5.74, 6) is 0.787. The van der Waals surface area contributed by atoms with Crippen molar-refractivity contribution in [3.8, 4) is 5.75 Å². The van der Waals surface area contributed by atoms with E-state index in [2.05, 4.69) is 23.6 Å². The van der Waals surface area contributed by atoms with Crippen LogP contribution in [0.25, 0.3) is 10.9 Å². The summed E-state index contributed by atoms with van der Waals surface area (Å²) in [6.07, 6.45) is 3.18. The van der Waals surface area contributed by atoms with Crippen molar-refractivity contribution in [2.75, 3.05) is 24.1 Å². The summed E-state index contributed by atoms with van der Waals surface area (Å²) in [4.78, 5) is 31.4. The molecule has 0 unspecified atom stereocenters. The normalized spacial score (nSPS) is 17.4. The molecule has 8 heteroatoms. The van der Waals surface area contributed by atoms with E-state index < -0.39 is 11.0 Å². The number of anilines is 1. The maximum Gasteiger partial charge on any atom is 0.410 e. The largest absolute Gasteiger partial charge is 0.490 e. The smallest absolute Gasteiger partial charge is 0.410 e. The van der Waals surface area contributed by atoms with Gasteiger partial charge in [0.05, 0.1) is 5.56 Å². The van der Waals surface area contributed by atoms with Gasteiger partial charge in [-0.1, -0.05) is 25.8 Å². The Balaban J connectivity index is 1.36. The zero-order valence-electron chi connectivity index (χ0n) is 22.4. The van der Waals surface area contributed by atoms with Crippen LogP contribution in [0, 0.1) is 0 Å². The Morgan fingerprint density at radius 3 is 2.54 bits per heavy atom. The molecule has 7 nitrogen and oxygen atoms in total. The molecule has 0 spiro atoms. The number of nitrogens with zero attached hydrogens (tertiary/aromatic N) is 1. The Kier molecular flexibility index (Phi) is 6.42. The van der Waals surface area contributed by atoms with Gasteiger partial charge in [0.15, 0.2) is 5.78 Å². The number of rotatable bonds is 4. The van der Waals surface area contributed by atoms with Gasteiger partial charge in [-0.2, -0.15) is 0 Å². The summed E-state index contributed by atoms with van der Waals surface area (Å²) >= 11 is 1.53. The maximum atomic E-state index is 13.7. The van der Waals surface area contributed by atoms with Gasteiger partial charge in [0.2, 0.25) is 0 Å². The van der Waals surface area contributed by atoms with Crippen LogP contribution in [0.3, 0.4) is 0 Å². The summed E-state index contributed by atoms with van der Waals surface area (Å²) in [6, 6.07) is 11.9. The number of carbonyl (C=O) groups excluding carboxylic acids is 2. The molecule has 0 bridgehead atoms. The highest BCUT2D eigenvalue weighted by Crippen LogP contribution is 2.45. The van der Waals surface area contributed by atoms with Crippen LogP contribution in [0.1, 0.15) is 74.6 Å². The standard InChI is InChI=1S/C29H35N3O4S/c1-28(2,3)36-27(34)32-13-11-18(12-14-32)35-19-8-9-20-22(16-19)29(4,5)26-24(25(20)33)21-15-17(31-37-6)7-10-23(21)30-26/h7-10,15-16,18,30-31H,11-14H2,1-6H3. The number of hydrogen-bond acceptors (Lipinski definition) is 6. The average Bonchev–Trinajstić information content (AvgIpc) is 3.23. The van der Waals surface area contributed by atoms with E-state index in [1.54, 1.807) is 4.90 Å². The molecule has 37 heavy (non-hydrogen) atoms. The first kappa shape index (κ1) is 25.5. The molecular weight excluding hydrogens is 486 g/mol. The van der Waals surface area contributed by atoms with Crippen molar-refractivity contribution in [2.24, 2.45) is 0 Å². The SMILES string of the molecule is CSNc1ccc2[nH]c3c(c2c1)C(=O)c1ccc(OC2CCN(C(=O)OC(C)(C)C)CC2)cc1C3(C)C. The molecule has 1 aliphatic carbocycles. The lowest BCUT2D eigenvalue weighted by Crippen LogP contribution is -2.44. The monoisotopic (exact) mass is 521 g/mol. The Morgan fingerprint density at radius 1 is 1.14 bits per heavy atom. The summed E-state index contributed by atoms with van der Waals surface area (Å²) in [5.41, 5.74) is 4.39. The van der Waals surface area contributed by atoms with Gasteiger partial charge in [0, 0.05) is 65.4 Å². The lowest BCUT2D eigenvalue weighted by molar-refractivity contribution is 0.0126. The second-order valence-electron chi connectivity index (χ2n) is 11.4. The van der Waals surface area contributed by atoms with E-state index in [0.29, 0.717) is 18.7 Å². The van der Waals surface area contributed by atoms with Crippen LogP contribution >= 0.6 is 11.9 Å². The number of hydrogen-bond donors (Lipinski definition) is 2. The highest BCUT2D eigenvalue weighted by Gasteiger charge is 2.40. The zero-order valence-corrected chi connectivity index (χ0v) is 23.2. The minimum Gasteiger partial charge on any atom is -0.490 e. The van der Waals surface area contributed by atoms with E-state index in [9.17, 15) is 9.59 Å². The van der Waals surface area contributed by atoms with Crippen molar-refractivity contribution in [1.82, 2.24) is 9.88 Å². The summed E-state index contributed by atoms with van der Waals surface area (Å²) in [6.45, 7) is 11.1. The van der Waals surface area contributed by atoms with E-state index in [-0.39, 0.29) is 18.0 Å². The van der Waals surface area contributed by atoms with Gasteiger partial charge in [-0.05, 0) is 62.7 Å². The molecule has 2 aliphatic rings. The summed E-state index contributed by atoms with van der Waals surface area (Å²) < 4.78 is 15.1. The number of ether oxygens (including phenoxy) is 2. The van der Waals surface area contributed by atoms with Crippen molar-refractivity contribution in [1.29, 1.82) is 0 Å². The maximum absolute atomic E-state index is 13.7. The second kappa shape index (κ2) is 9.31. The molecule has 3 aromatic rings. The van der Waals surface area contributed by atoms with Gasteiger partial charge in [0.25, 0.3) is 0 Å². The van der Waals surface area contributed by atoms with Crippen LogP contribution in [-0.4, -0.2) is 52.8 Å². The molecule has 0 atom stereocenters. The highest BCUT2D eigenvalue weighted by molar-refractivity contribution is 7.99. The van der Waals surface area contributed by atoms with E-state index in [1.807, 2.05) is 63.4 Å². The number of piperidine rings is 1. The fourth-order valence-electron chi connectivity index (χ4n) is 5.33. The molecular formula is C29H35N3O4S. The third kappa shape index (κ3) is 4.79. The first-order valence-corrected chi connectivity index (χ1v) is 14.0. The van der Waals surface area contributed by atoms with E-state index in [1.165, 1.54) is 11.9 Å². The van der Waals surface area contributed by atoms with Crippen LogP contribution in [0.5, 0.6) is 5.75 Å². The van der Waals surface area contributed by atoms with Crippen molar-refractivity contribution in [2.45, 2.75) is 64.6 Å². The van der Waals surface area contributed by atoms with Crippen LogP contribution in [-0.2, 0) is 10.2 Å². The number of benzene rings is 2. The first-order chi connectivity index (χ1) is 17.5. The van der Waals surface area contributed by atoms with Crippen LogP contribution in [0.2, 0.25) is 0 Å². The molecule has 2 heterocycles. The van der Waals surface area contributed by atoms with Gasteiger partial charge >= 0.3 is 6.09 Å². The number of amides is 1. The molecule has 1 fully saturated rings. The minimum absolute atomic E-state index is 0.00475. The fraction of sp³-hybridized carbons (Fsp3) is 0.448. The molecule has 2 N–H and O–H groups in total. The highest BCUT2D eigenvalue weighted by atomic mass is 32.2. The molecule has 1 aliphatic heterocycles. The summed E-state index contributed by atoms with van der Waals surface area (Å²) in [5, 5.41) is 0.940. The van der Waals surface area contributed by atoms with Crippen molar-refractivity contribution < 1.29 is 19.1 Å². The molecule has 1 aromatic heterocycles. The number of aromatic amines is 1.